The van der Waals surface area contributed by atoms with Crippen LogP contribution >= 0.6 is 11.6 Å². The van der Waals surface area contributed by atoms with E-state index in [0.717, 1.165) is 24.5 Å². The molecule has 1 heterocycles. The molecule has 4 nitrogen and oxygen atoms in total. The first-order valence-electron chi connectivity index (χ1n) is 8.24. The zero-order valence-electron chi connectivity index (χ0n) is 13.5. The van der Waals surface area contributed by atoms with Crippen molar-refractivity contribution in [2.24, 2.45) is 0 Å². The molecule has 2 aromatic rings. The molecule has 0 saturated carbocycles. The zero-order chi connectivity index (χ0) is 16.8. The third-order valence-electron chi connectivity index (χ3n) is 4.04. The second-order valence-corrected chi connectivity index (χ2v) is 6.25. The van der Waals surface area contributed by atoms with Gasteiger partial charge in [-0.3, -0.25) is 4.79 Å². The topological polar surface area (TPSA) is 41.6 Å². The molecule has 0 aliphatic carbocycles. The molecule has 126 valence electrons. The zero-order valence-corrected chi connectivity index (χ0v) is 14.3. The maximum absolute atomic E-state index is 12.2. The Kier molecular flexibility index (Phi) is 5.59. The minimum Gasteiger partial charge on any atom is -0.493 e. The highest BCUT2D eigenvalue weighted by Gasteiger charge is 2.16. The molecule has 0 unspecified atom stereocenters. The molecular formula is C19H21ClN2O2. The van der Waals surface area contributed by atoms with Crippen LogP contribution in [-0.4, -0.2) is 25.6 Å². The summed E-state index contributed by atoms with van der Waals surface area (Å²) in [7, 11) is 0. The highest BCUT2D eigenvalue weighted by atomic mass is 35.5. The van der Waals surface area contributed by atoms with Gasteiger partial charge < -0.3 is 15.0 Å². The van der Waals surface area contributed by atoms with Gasteiger partial charge in [0.2, 0.25) is 5.91 Å². The second-order valence-electron chi connectivity index (χ2n) is 5.81. The van der Waals surface area contributed by atoms with Crippen molar-refractivity contribution >= 4 is 28.9 Å². The Hall–Kier alpha value is -2.20. The maximum atomic E-state index is 12.2. The van der Waals surface area contributed by atoms with Gasteiger partial charge in [0.05, 0.1) is 24.4 Å². The molecule has 3 rings (SSSR count). The van der Waals surface area contributed by atoms with Crippen molar-refractivity contribution < 1.29 is 9.53 Å². The number of para-hydroxylation sites is 2. The van der Waals surface area contributed by atoms with Crippen LogP contribution in [-0.2, 0) is 4.79 Å². The number of benzene rings is 2. The molecule has 1 saturated heterocycles. The number of carbonyl (C=O) groups excluding carboxylic acids is 1. The Morgan fingerprint density at radius 2 is 1.79 bits per heavy atom. The molecule has 0 atom stereocenters. The molecule has 2 aromatic carbocycles. The van der Waals surface area contributed by atoms with E-state index in [1.165, 1.54) is 12.8 Å². The van der Waals surface area contributed by atoms with Crippen LogP contribution in [0, 0.1) is 0 Å². The predicted octanol–water partition coefficient (Wildman–Crippen LogP) is 4.35. The van der Waals surface area contributed by atoms with Gasteiger partial charge in [0.1, 0.15) is 5.75 Å². The number of rotatable bonds is 6. The van der Waals surface area contributed by atoms with Crippen LogP contribution < -0.4 is 15.0 Å². The third-order valence-corrected chi connectivity index (χ3v) is 4.29. The molecule has 5 heteroatoms. The van der Waals surface area contributed by atoms with E-state index in [-0.39, 0.29) is 5.91 Å². The largest absolute Gasteiger partial charge is 0.493 e. The summed E-state index contributed by atoms with van der Waals surface area (Å²) >= 11 is 5.83. The Morgan fingerprint density at radius 1 is 1.08 bits per heavy atom. The summed E-state index contributed by atoms with van der Waals surface area (Å²) in [5, 5.41) is 3.67. The van der Waals surface area contributed by atoms with Gasteiger partial charge in [-0.25, -0.2) is 0 Å². The van der Waals surface area contributed by atoms with Crippen molar-refractivity contribution in [1.82, 2.24) is 0 Å². The predicted molar refractivity (Wildman–Crippen MR) is 98.1 cm³/mol. The van der Waals surface area contributed by atoms with Gasteiger partial charge in [-0.05, 0) is 49.2 Å². The van der Waals surface area contributed by atoms with E-state index in [1.807, 2.05) is 18.2 Å². The van der Waals surface area contributed by atoms with Crippen molar-refractivity contribution in [3.63, 3.8) is 0 Å². The van der Waals surface area contributed by atoms with Gasteiger partial charge >= 0.3 is 0 Å². The summed E-state index contributed by atoms with van der Waals surface area (Å²) < 4.78 is 5.57. The van der Waals surface area contributed by atoms with E-state index < -0.39 is 0 Å². The molecule has 1 N–H and O–H groups in total. The molecule has 0 bridgehead atoms. The number of carbonyl (C=O) groups is 1. The number of nitrogens with one attached hydrogen (secondary N) is 1. The van der Waals surface area contributed by atoms with Gasteiger partial charge in [0.15, 0.2) is 0 Å². The molecular weight excluding hydrogens is 324 g/mol. The summed E-state index contributed by atoms with van der Waals surface area (Å²) in [4.78, 5) is 14.5. The van der Waals surface area contributed by atoms with Crippen molar-refractivity contribution in [3.8, 4) is 5.75 Å². The van der Waals surface area contributed by atoms with E-state index in [0.29, 0.717) is 23.8 Å². The lowest BCUT2D eigenvalue weighted by Gasteiger charge is -2.21. The van der Waals surface area contributed by atoms with Crippen LogP contribution in [0.5, 0.6) is 5.75 Å². The molecule has 1 aliphatic heterocycles. The SMILES string of the molecule is O=C(CCOc1ccc(Cl)cc1)Nc1ccccc1N1CCCC1. The number of hydrogen-bond acceptors (Lipinski definition) is 3. The number of nitrogens with zero attached hydrogens (tertiary/aromatic N) is 1. The van der Waals surface area contributed by atoms with Crippen molar-refractivity contribution in [2.45, 2.75) is 19.3 Å². The fraction of sp³-hybridized carbons (Fsp3) is 0.316. The molecule has 0 spiro atoms. The van der Waals surface area contributed by atoms with Crippen LogP contribution in [0.2, 0.25) is 5.02 Å². The Balaban J connectivity index is 1.52. The number of anilines is 2. The molecule has 1 fully saturated rings. The number of ether oxygens (including phenoxy) is 1. The van der Waals surface area contributed by atoms with E-state index in [4.69, 9.17) is 16.3 Å². The van der Waals surface area contributed by atoms with Crippen LogP contribution in [0.1, 0.15) is 19.3 Å². The second kappa shape index (κ2) is 8.06. The molecule has 1 aliphatic rings. The van der Waals surface area contributed by atoms with Gasteiger partial charge in [-0.1, -0.05) is 23.7 Å². The summed E-state index contributed by atoms with van der Waals surface area (Å²) in [6.45, 7) is 2.43. The normalized spacial score (nSPS) is 13.8. The summed E-state index contributed by atoms with van der Waals surface area (Å²) in [6.07, 6.45) is 2.71. The Morgan fingerprint density at radius 3 is 2.54 bits per heavy atom. The lowest BCUT2D eigenvalue weighted by molar-refractivity contribution is -0.116. The van der Waals surface area contributed by atoms with E-state index in [1.54, 1.807) is 24.3 Å². The minimum absolute atomic E-state index is 0.0457. The summed E-state index contributed by atoms with van der Waals surface area (Å²) in [6, 6.07) is 15.1. The van der Waals surface area contributed by atoms with Crippen LogP contribution in [0.3, 0.4) is 0 Å². The quantitative estimate of drug-likeness (QED) is 0.847. The maximum Gasteiger partial charge on any atom is 0.227 e. The smallest absolute Gasteiger partial charge is 0.227 e. The van der Waals surface area contributed by atoms with E-state index in [2.05, 4.69) is 16.3 Å². The highest BCUT2D eigenvalue weighted by molar-refractivity contribution is 6.30. The van der Waals surface area contributed by atoms with Crippen molar-refractivity contribution in [2.75, 3.05) is 29.9 Å². The number of halogens is 1. The van der Waals surface area contributed by atoms with Gasteiger partial charge in [0.25, 0.3) is 0 Å². The molecule has 0 aromatic heterocycles. The fourth-order valence-electron chi connectivity index (χ4n) is 2.82. The molecule has 0 radical (unpaired) electrons. The average molecular weight is 345 g/mol. The van der Waals surface area contributed by atoms with Gasteiger partial charge in [-0.15, -0.1) is 0 Å². The number of amides is 1. The highest BCUT2D eigenvalue weighted by Crippen LogP contribution is 2.28. The van der Waals surface area contributed by atoms with Crippen LogP contribution in [0.25, 0.3) is 0 Å². The number of hydrogen-bond donors (Lipinski definition) is 1. The summed E-state index contributed by atoms with van der Waals surface area (Å²) in [5.74, 6) is 0.667. The standard InChI is InChI=1S/C19H21ClN2O2/c20-15-7-9-16(10-8-15)24-14-11-19(23)21-17-5-1-2-6-18(17)22-12-3-4-13-22/h1-2,5-10H,3-4,11-14H2,(H,21,23). The van der Waals surface area contributed by atoms with Crippen LogP contribution in [0.4, 0.5) is 11.4 Å². The first-order valence-corrected chi connectivity index (χ1v) is 8.62. The monoisotopic (exact) mass is 344 g/mol. The minimum atomic E-state index is -0.0457. The van der Waals surface area contributed by atoms with Gasteiger partial charge in [0, 0.05) is 18.1 Å². The first-order chi connectivity index (χ1) is 11.7. The first kappa shape index (κ1) is 16.7. The third kappa shape index (κ3) is 4.42. The van der Waals surface area contributed by atoms with Crippen molar-refractivity contribution in [3.05, 3.63) is 53.6 Å². The summed E-state index contributed by atoms with van der Waals surface area (Å²) in [5.41, 5.74) is 1.97. The molecule has 24 heavy (non-hydrogen) atoms. The van der Waals surface area contributed by atoms with Crippen LogP contribution in [0.15, 0.2) is 48.5 Å². The Labute approximate surface area is 147 Å². The van der Waals surface area contributed by atoms with E-state index in [9.17, 15) is 4.79 Å². The lowest BCUT2D eigenvalue weighted by atomic mass is 10.2. The fourth-order valence-corrected chi connectivity index (χ4v) is 2.94. The van der Waals surface area contributed by atoms with Crippen molar-refractivity contribution in [1.29, 1.82) is 0 Å². The van der Waals surface area contributed by atoms with E-state index >= 15 is 0 Å². The lowest BCUT2D eigenvalue weighted by Crippen LogP contribution is -2.21. The molecule has 1 amide bonds. The Bertz CT molecular complexity index is 682. The average Bonchev–Trinajstić information content (AvgIpc) is 3.11. The van der Waals surface area contributed by atoms with Gasteiger partial charge in [-0.2, -0.15) is 0 Å².